The van der Waals surface area contributed by atoms with Gasteiger partial charge >= 0.3 is 6.18 Å². The molecule has 0 spiro atoms. The number of nitrogens with zero attached hydrogens (tertiary/aromatic N) is 2. The van der Waals surface area contributed by atoms with E-state index in [1.165, 1.54) is 11.0 Å². The Bertz CT molecular complexity index is 1190. The molecular weight excluding hydrogens is 507 g/mol. The molecule has 0 saturated carbocycles. The zero-order chi connectivity index (χ0) is 27.8. The third-order valence-electron chi connectivity index (χ3n) is 5.79. The first-order valence-corrected chi connectivity index (χ1v) is 13.9. The second-order valence-corrected chi connectivity index (χ2v) is 10.7. The summed E-state index contributed by atoms with van der Waals surface area (Å²) < 4.78 is 65.1. The van der Waals surface area contributed by atoms with E-state index in [1.54, 1.807) is 13.8 Å². The number of benzene rings is 2. The lowest BCUT2D eigenvalue weighted by molar-refractivity contribution is -0.141. The van der Waals surface area contributed by atoms with Gasteiger partial charge in [-0.3, -0.25) is 13.9 Å². The molecule has 0 aliphatic heterocycles. The van der Waals surface area contributed by atoms with Crippen LogP contribution >= 0.6 is 0 Å². The van der Waals surface area contributed by atoms with E-state index in [0.29, 0.717) is 13.0 Å². The Balaban J connectivity index is 2.24. The zero-order valence-corrected chi connectivity index (χ0v) is 22.3. The van der Waals surface area contributed by atoms with Crippen molar-refractivity contribution >= 4 is 27.5 Å². The summed E-state index contributed by atoms with van der Waals surface area (Å²) in [6.45, 7) is 5.91. The van der Waals surface area contributed by atoms with Crippen molar-refractivity contribution in [3.63, 3.8) is 0 Å². The topological polar surface area (TPSA) is 86.8 Å². The molecular formula is C26H34F3N3O4S. The van der Waals surface area contributed by atoms with E-state index in [-0.39, 0.29) is 43.4 Å². The standard InChI is InChI=1S/C26H34F3N3O4S/c1-5-23(25(34)30-6-2)31(18-20-11-7-10-19(3)16-20)24(33)14-9-15-32(37(4,35)36)22-13-8-12-21(17-22)26(27,28)29/h7-8,10-13,16-17,23H,5-6,9,14-15,18H2,1-4H3,(H,30,34). The smallest absolute Gasteiger partial charge is 0.355 e. The van der Waals surface area contributed by atoms with Crippen LogP contribution in [0.25, 0.3) is 0 Å². The number of carbonyl (C=O) groups excluding carboxylic acids is 2. The molecule has 2 rings (SSSR count). The van der Waals surface area contributed by atoms with E-state index in [2.05, 4.69) is 5.32 Å². The number of amides is 2. The molecule has 1 N–H and O–H groups in total. The van der Waals surface area contributed by atoms with Crippen LogP contribution < -0.4 is 9.62 Å². The number of anilines is 1. The van der Waals surface area contributed by atoms with Gasteiger partial charge in [-0.2, -0.15) is 13.2 Å². The number of nitrogens with one attached hydrogen (secondary N) is 1. The van der Waals surface area contributed by atoms with Gasteiger partial charge in [-0.15, -0.1) is 0 Å². The highest BCUT2D eigenvalue weighted by Crippen LogP contribution is 2.32. The number of carbonyl (C=O) groups is 2. The predicted molar refractivity (Wildman–Crippen MR) is 137 cm³/mol. The van der Waals surface area contributed by atoms with Crippen LogP contribution in [0.5, 0.6) is 0 Å². The van der Waals surface area contributed by atoms with Gasteiger partial charge in [0.25, 0.3) is 0 Å². The molecule has 0 radical (unpaired) electrons. The first kappa shape index (κ1) is 30.1. The average Bonchev–Trinajstić information content (AvgIpc) is 2.80. The molecule has 2 amide bonds. The van der Waals surface area contributed by atoms with Crippen LogP contribution in [0.4, 0.5) is 18.9 Å². The predicted octanol–water partition coefficient (Wildman–Crippen LogP) is 4.50. The first-order chi connectivity index (χ1) is 17.3. The third kappa shape index (κ3) is 8.77. The molecule has 1 atom stereocenters. The monoisotopic (exact) mass is 541 g/mol. The first-order valence-electron chi connectivity index (χ1n) is 12.1. The van der Waals surface area contributed by atoms with Crippen molar-refractivity contribution in [1.29, 1.82) is 0 Å². The second-order valence-electron chi connectivity index (χ2n) is 8.82. The van der Waals surface area contributed by atoms with Crippen molar-refractivity contribution in [2.75, 3.05) is 23.7 Å². The normalized spacial score (nSPS) is 12.6. The molecule has 0 bridgehead atoms. The maximum Gasteiger partial charge on any atom is 0.416 e. The van der Waals surface area contributed by atoms with Gasteiger partial charge in [-0.25, -0.2) is 8.42 Å². The Morgan fingerprint density at radius 1 is 1.05 bits per heavy atom. The van der Waals surface area contributed by atoms with Gasteiger partial charge in [-0.05, 0) is 50.5 Å². The Labute approximate surface area is 216 Å². The van der Waals surface area contributed by atoms with Crippen LogP contribution in [0.1, 0.15) is 49.8 Å². The van der Waals surface area contributed by atoms with E-state index >= 15 is 0 Å². The largest absolute Gasteiger partial charge is 0.416 e. The van der Waals surface area contributed by atoms with Gasteiger partial charge in [0.1, 0.15) is 6.04 Å². The lowest BCUT2D eigenvalue weighted by atomic mass is 10.1. The van der Waals surface area contributed by atoms with Gasteiger partial charge in [0.15, 0.2) is 0 Å². The number of rotatable bonds is 12. The minimum atomic E-state index is -4.63. The molecule has 0 fully saturated rings. The van der Waals surface area contributed by atoms with E-state index in [4.69, 9.17) is 0 Å². The summed E-state index contributed by atoms with van der Waals surface area (Å²) in [5, 5.41) is 2.75. The van der Waals surface area contributed by atoms with Crippen LogP contribution in [-0.2, 0) is 32.3 Å². The van der Waals surface area contributed by atoms with Crippen molar-refractivity contribution in [3.8, 4) is 0 Å². The van der Waals surface area contributed by atoms with E-state index in [9.17, 15) is 31.2 Å². The number of alkyl halides is 3. The number of likely N-dealkylation sites (N-methyl/N-ethyl adjacent to an activating group) is 1. The maximum absolute atomic E-state index is 13.3. The third-order valence-corrected chi connectivity index (χ3v) is 6.98. The molecule has 2 aromatic carbocycles. The van der Waals surface area contributed by atoms with Gasteiger partial charge in [-0.1, -0.05) is 42.8 Å². The van der Waals surface area contributed by atoms with Crippen LogP contribution in [0.2, 0.25) is 0 Å². The van der Waals surface area contributed by atoms with Crippen molar-refractivity contribution in [3.05, 3.63) is 65.2 Å². The maximum atomic E-state index is 13.3. The van der Waals surface area contributed by atoms with Crippen molar-refractivity contribution in [1.82, 2.24) is 10.2 Å². The van der Waals surface area contributed by atoms with Crippen molar-refractivity contribution in [2.24, 2.45) is 0 Å². The quantitative estimate of drug-likeness (QED) is 0.429. The van der Waals surface area contributed by atoms with Crippen LogP contribution in [-0.4, -0.2) is 50.5 Å². The minimum absolute atomic E-state index is 0.0539. The summed E-state index contributed by atoms with van der Waals surface area (Å²) in [4.78, 5) is 27.5. The molecule has 0 aliphatic carbocycles. The van der Waals surface area contributed by atoms with Crippen molar-refractivity contribution in [2.45, 2.75) is 58.8 Å². The number of hydrogen-bond acceptors (Lipinski definition) is 4. The van der Waals surface area contributed by atoms with E-state index < -0.39 is 27.8 Å². The molecule has 204 valence electrons. The minimum Gasteiger partial charge on any atom is -0.355 e. The molecule has 11 heteroatoms. The highest BCUT2D eigenvalue weighted by atomic mass is 32.2. The fraction of sp³-hybridized carbons (Fsp3) is 0.462. The lowest BCUT2D eigenvalue weighted by Gasteiger charge is -2.31. The fourth-order valence-electron chi connectivity index (χ4n) is 4.06. The summed E-state index contributed by atoms with van der Waals surface area (Å²) >= 11 is 0. The van der Waals surface area contributed by atoms with Crippen LogP contribution in [0.15, 0.2) is 48.5 Å². The molecule has 37 heavy (non-hydrogen) atoms. The van der Waals surface area contributed by atoms with E-state index in [1.807, 2.05) is 31.2 Å². The summed E-state index contributed by atoms with van der Waals surface area (Å²) in [7, 11) is -3.92. The Morgan fingerprint density at radius 2 is 1.73 bits per heavy atom. The zero-order valence-electron chi connectivity index (χ0n) is 21.5. The summed E-state index contributed by atoms with van der Waals surface area (Å²) in [6.07, 6.45) is -3.38. The summed E-state index contributed by atoms with van der Waals surface area (Å²) in [6, 6.07) is 10.9. The molecule has 0 aliphatic rings. The Kier molecular flexibility index (Phi) is 10.5. The van der Waals surface area contributed by atoms with E-state index in [0.717, 1.165) is 39.9 Å². The molecule has 1 unspecified atom stereocenters. The second kappa shape index (κ2) is 12.9. The number of aryl methyl sites for hydroxylation is 1. The Hall–Kier alpha value is -3.08. The van der Waals surface area contributed by atoms with Gasteiger partial charge < -0.3 is 10.2 Å². The molecule has 2 aromatic rings. The summed E-state index contributed by atoms with van der Waals surface area (Å²) in [5.74, 6) is -0.634. The van der Waals surface area contributed by atoms with Gasteiger partial charge in [0.2, 0.25) is 21.8 Å². The highest BCUT2D eigenvalue weighted by Gasteiger charge is 2.32. The van der Waals surface area contributed by atoms with Gasteiger partial charge in [0, 0.05) is 26.1 Å². The average molecular weight is 542 g/mol. The number of hydrogen-bond donors (Lipinski definition) is 1. The van der Waals surface area contributed by atoms with Crippen LogP contribution in [0.3, 0.4) is 0 Å². The summed E-state index contributed by atoms with van der Waals surface area (Å²) in [5.41, 5.74) is 0.751. The molecule has 7 nitrogen and oxygen atoms in total. The molecule has 0 aromatic heterocycles. The SMILES string of the molecule is CCNC(=O)C(CC)N(Cc1cccc(C)c1)C(=O)CCCN(c1cccc(C(F)(F)F)c1)S(C)(=O)=O. The fourth-order valence-corrected chi connectivity index (χ4v) is 5.02. The number of halogens is 3. The van der Waals surface area contributed by atoms with Crippen molar-refractivity contribution < 1.29 is 31.2 Å². The van der Waals surface area contributed by atoms with Crippen LogP contribution in [0, 0.1) is 6.92 Å². The molecule has 0 heterocycles. The Morgan fingerprint density at radius 3 is 2.30 bits per heavy atom. The van der Waals surface area contributed by atoms with Gasteiger partial charge in [0.05, 0.1) is 17.5 Å². The molecule has 0 saturated heterocycles. The highest BCUT2D eigenvalue weighted by molar-refractivity contribution is 7.92. The number of sulfonamides is 1. The lowest BCUT2D eigenvalue weighted by Crippen LogP contribution is -2.49.